The molecule has 0 N–H and O–H groups in total. The molecule has 1 atom stereocenters. The molecule has 0 radical (unpaired) electrons. The average molecular weight is 234 g/mol. The molecule has 0 aliphatic carbocycles. The van der Waals surface area contributed by atoms with Crippen LogP contribution in [0.15, 0.2) is 18.2 Å². The summed E-state index contributed by atoms with van der Waals surface area (Å²) in [7, 11) is 0. The van der Waals surface area contributed by atoms with Crippen LogP contribution >= 0.6 is 0 Å². The molecule has 1 aromatic carbocycles. The summed E-state index contributed by atoms with van der Waals surface area (Å²) >= 11 is 0. The SMILES string of the molecule is CCC(CC#N)Oc1cccc(C)c1[N+](=O)[O-]. The topological polar surface area (TPSA) is 76.2 Å². The van der Waals surface area contributed by atoms with E-state index in [-0.39, 0.29) is 24.0 Å². The summed E-state index contributed by atoms with van der Waals surface area (Å²) in [4.78, 5) is 10.5. The van der Waals surface area contributed by atoms with Crippen molar-refractivity contribution in [3.8, 4) is 11.8 Å². The van der Waals surface area contributed by atoms with Crippen molar-refractivity contribution in [1.82, 2.24) is 0 Å². The monoisotopic (exact) mass is 234 g/mol. The Hall–Kier alpha value is -2.09. The summed E-state index contributed by atoms with van der Waals surface area (Å²) in [6.45, 7) is 3.54. The van der Waals surface area contributed by atoms with E-state index in [1.165, 1.54) is 0 Å². The molecule has 1 unspecified atom stereocenters. The van der Waals surface area contributed by atoms with E-state index < -0.39 is 4.92 Å². The molecule has 5 heteroatoms. The zero-order valence-corrected chi connectivity index (χ0v) is 9.84. The minimum Gasteiger partial charge on any atom is -0.482 e. The largest absolute Gasteiger partial charge is 0.482 e. The lowest BCUT2D eigenvalue weighted by Gasteiger charge is -2.14. The van der Waals surface area contributed by atoms with Gasteiger partial charge in [0.05, 0.1) is 17.4 Å². The lowest BCUT2D eigenvalue weighted by atomic mass is 10.1. The molecule has 0 aliphatic rings. The van der Waals surface area contributed by atoms with E-state index in [9.17, 15) is 10.1 Å². The lowest BCUT2D eigenvalue weighted by molar-refractivity contribution is -0.386. The summed E-state index contributed by atoms with van der Waals surface area (Å²) in [5, 5.41) is 19.5. The summed E-state index contributed by atoms with van der Waals surface area (Å²) in [5.41, 5.74) is 0.531. The highest BCUT2D eigenvalue weighted by Crippen LogP contribution is 2.31. The summed E-state index contributed by atoms with van der Waals surface area (Å²) in [6.07, 6.45) is 0.556. The Morgan fingerprint density at radius 1 is 1.59 bits per heavy atom. The van der Waals surface area contributed by atoms with E-state index in [0.717, 1.165) is 0 Å². The van der Waals surface area contributed by atoms with Crippen molar-refractivity contribution in [2.24, 2.45) is 0 Å². The first-order valence-electron chi connectivity index (χ1n) is 5.37. The summed E-state index contributed by atoms with van der Waals surface area (Å²) in [5.74, 6) is 0.233. The van der Waals surface area contributed by atoms with Gasteiger partial charge in [-0.3, -0.25) is 10.1 Å². The molecule has 0 heterocycles. The molecule has 0 aliphatic heterocycles. The third kappa shape index (κ3) is 3.18. The van der Waals surface area contributed by atoms with Crippen molar-refractivity contribution in [2.45, 2.75) is 32.8 Å². The number of nitriles is 1. The normalized spacial score (nSPS) is 11.6. The maximum absolute atomic E-state index is 10.9. The van der Waals surface area contributed by atoms with Crippen molar-refractivity contribution < 1.29 is 9.66 Å². The van der Waals surface area contributed by atoms with Crippen molar-refractivity contribution in [3.63, 3.8) is 0 Å². The number of nitro groups is 1. The molecular formula is C12H14N2O3. The first kappa shape index (κ1) is 13.0. The Labute approximate surface area is 99.8 Å². The Morgan fingerprint density at radius 3 is 2.82 bits per heavy atom. The van der Waals surface area contributed by atoms with Crippen LogP contribution in [-0.4, -0.2) is 11.0 Å². The Bertz CT molecular complexity index is 452. The molecule has 5 nitrogen and oxygen atoms in total. The highest BCUT2D eigenvalue weighted by Gasteiger charge is 2.20. The van der Waals surface area contributed by atoms with E-state index >= 15 is 0 Å². The van der Waals surface area contributed by atoms with Gasteiger partial charge in [-0.2, -0.15) is 5.26 Å². The molecule has 0 fully saturated rings. The number of benzene rings is 1. The van der Waals surface area contributed by atoms with Gasteiger partial charge in [-0.05, 0) is 19.4 Å². The van der Waals surface area contributed by atoms with Gasteiger partial charge in [0.1, 0.15) is 6.10 Å². The molecule has 0 spiro atoms. The molecule has 0 saturated carbocycles. The number of nitro benzene ring substituents is 1. The quantitative estimate of drug-likeness (QED) is 0.579. The maximum atomic E-state index is 10.9. The third-order valence-corrected chi connectivity index (χ3v) is 2.45. The fraction of sp³-hybridized carbons (Fsp3) is 0.417. The molecule has 0 bridgehead atoms. The molecule has 0 amide bonds. The Balaban J connectivity index is 3.02. The highest BCUT2D eigenvalue weighted by molar-refractivity contribution is 5.52. The number of hydrogen-bond acceptors (Lipinski definition) is 4. The van der Waals surface area contributed by atoms with E-state index in [4.69, 9.17) is 10.00 Å². The van der Waals surface area contributed by atoms with E-state index in [1.54, 1.807) is 25.1 Å². The summed E-state index contributed by atoms with van der Waals surface area (Å²) in [6, 6.07) is 6.94. The van der Waals surface area contributed by atoms with Crippen LogP contribution in [0.3, 0.4) is 0 Å². The van der Waals surface area contributed by atoms with Gasteiger partial charge in [-0.15, -0.1) is 0 Å². The first-order chi connectivity index (χ1) is 8.10. The van der Waals surface area contributed by atoms with Crippen molar-refractivity contribution in [3.05, 3.63) is 33.9 Å². The van der Waals surface area contributed by atoms with Crippen LogP contribution in [-0.2, 0) is 0 Å². The van der Waals surface area contributed by atoms with Gasteiger partial charge < -0.3 is 4.74 Å². The number of ether oxygens (including phenoxy) is 1. The van der Waals surface area contributed by atoms with Crippen molar-refractivity contribution >= 4 is 5.69 Å². The Kier molecular flexibility index (Phi) is 4.46. The molecule has 1 rings (SSSR count). The van der Waals surface area contributed by atoms with E-state index in [1.807, 2.05) is 13.0 Å². The Morgan fingerprint density at radius 2 is 2.29 bits per heavy atom. The molecule has 90 valence electrons. The lowest BCUT2D eigenvalue weighted by Crippen LogP contribution is -2.15. The van der Waals surface area contributed by atoms with Gasteiger partial charge in [0.15, 0.2) is 5.75 Å². The second-order valence-corrected chi connectivity index (χ2v) is 3.69. The molecular weight excluding hydrogens is 220 g/mol. The zero-order valence-electron chi connectivity index (χ0n) is 9.84. The van der Waals surface area contributed by atoms with E-state index in [2.05, 4.69) is 0 Å². The standard InChI is InChI=1S/C12H14N2O3/c1-3-10(7-8-13)17-11-6-4-5-9(2)12(11)14(15)16/h4-6,10H,3,7H2,1-2H3. The van der Waals surface area contributed by atoms with Crippen LogP contribution in [0.4, 0.5) is 5.69 Å². The van der Waals surface area contributed by atoms with Gasteiger partial charge >= 0.3 is 5.69 Å². The maximum Gasteiger partial charge on any atom is 0.313 e. The molecule has 17 heavy (non-hydrogen) atoms. The van der Waals surface area contributed by atoms with Gasteiger partial charge in [0.2, 0.25) is 0 Å². The van der Waals surface area contributed by atoms with Gasteiger partial charge in [-0.25, -0.2) is 0 Å². The third-order valence-electron chi connectivity index (χ3n) is 2.45. The zero-order chi connectivity index (χ0) is 12.8. The smallest absolute Gasteiger partial charge is 0.313 e. The van der Waals surface area contributed by atoms with Crippen molar-refractivity contribution in [2.75, 3.05) is 0 Å². The minimum atomic E-state index is -0.455. The van der Waals surface area contributed by atoms with Crippen molar-refractivity contribution in [1.29, 1.82) is 5.26 Å². The van der Waals surface area contributed by atoms with Gasteiger partial charge in [-0.1, -0.05) is 19.1 Å². The first-order valence-corrected chi connectivity index (χ1v) is 5.37. The predicted octanol–water partition coefficient (Wildman–Crippen LogP) is 2.97. The van der Waals surface area contributed by atoms with Gasteiger partial charge in [0, 0.05) is 5.56 Å². The highest BCUT2D eigenvalue weighted by atomic mass is 16.6. The molecule has 0 aromatic heterocycles. The second kappa shape index (κ2) is 5.85. The molecule has 0 saturated heterocycles. The number of aryl methyl sites for hydroxylation is 1. The number of hydrogen-bond donors (Lipinski definition) is 0. The fourth-order valence-electron chi connectivity index (χ4n) is 1.51. The van der Waals surface area contributed by atoms with Crippen LogP contribution in [0.2, 0.25) is 0 Å². The van der Waals surface area contributed by atoms with Gasteiger partial charge in [0.25, 0.3) is 0 Å². The second-order valence-electron chi connectivity index (χ2n) is 3.69. The van der Waals surface area contributed by atoms with Crippen LogP contribution in [0.5, 0.6) is 5.75 Å². The van der Waals surface area contributed by atoms with Crippen LogP contribution < -0.4 is 4.74 Å². The van der Waals surface area contributed by atoms with Crippen LogP contribution in [0.1, 0.15) is 25.3 Å². The molecule has 1 aromatic rings. The predicted molar refractivity (Wildman–Crippen MR) is 62.8 cm³/mol. The number of rotatable bonds is 5. The fourth-order valence-corrected chi connectivity index (χ4v) is 1.51. The summed E-state index contributed by atoms with van der Waals surface area (Å²) < 4.78 is 5.51. The van der Waals surface area contributed by atoms with Crippen LogP contribution in [0, 0.1) is 28.4 Å². The number of nitrogens with zero attached hydrogens (tertiary/aromatic N) is 2. The van der Waals surface area contributed by atoms with Crippen LogP contribution in [0.25, 0.3) is 0 Å². The minimum absolute atomic E-state index is 0.0242. The number of para-hydroxylation sites is 1. The average Bonchev–Trinajstić information content (AvgIpc) is 2.28. The van der Waals surface area contributed by atoms with E-state index in [0.29, 0.717) is 12.0 Å².